The largest absolute Gasteiger partial charge is 0.459 e. The van der Waals surface area contributed by atoms with E-state index in [-0.39, 0.29) is 17.5 Å². The predicted octanol–water partition coefficient (Wildman–Crippen LogP) is 2.20. The van der Waals surface area contributed by atoms with Crippen molar-refractivity contribution >= 4 is 11.7 Å². The molecule has 1 aromatic heterocycles. The molecule has 0 saturated heterocycles. The molecule has 4 heteroatoms. The van der Waals surface area contributed by atoms with Gasteiger partial charge in [-0.2, -0.15) is 0 Å². The van der Waals surface area contributed by atoms with Crippen molar-refractivity contribution in [2.45, 2.75) is 20.0 Å². The van der Waals surface area contributed by atoms with Crippen molar-refractivity contribution in [3.8, 4) is 0 Å². The Morgan fingerprint density at radius 3 is 2.93 bits per heavy atom. The van der Waals surface area contributed by atoms with Gasteiger partial charge in [-0.15, -0.1) is 0 Å². The normalized spacial score (nSPS) is 9.57. The zero-order chi connectivity index (χ0) is 10.6. The summed E-state index contributed by atoms with van der Waals surface area (Å²) in [5.74, 6) is -0.549. The van der Waals surface area contributed by atoms with E-state index in [1.54, 1.807) is 19.9 Å². The standard InChI is InChI=1S/C10H10N2O2/c1-7(2)14-10(13)9-8(11-3)5-4-6-12-9/h4-7H,1-2H3. The summed E-state index contributed by atoms with van der Waals surface area (Å²) in [6.45, 7) is 10.3. The zero-order valence-corrected chi connectivity index (χ0v) is 8.02. The number of hydrogen-bond acceptors (Lipinski definition) is 3. The van der Waals surface area contributed by atoms with Crippen LogP contribution in [0.5, 0.6) is 0 Å². The van der Waals surface area contributed by atoms with Crippen molar-refractivity contribution in [1.82, 2.24) is 4.98 Å². The number of ether oxygens (including phenoxy) is 1. The number of carbonyl (C=O) groups is 1. The molecule has 0 unspecified atom stereocenters. The quantitative estimate of drug-likeness (QED) is 0.530. The van der Waals surface area contributed by atoms with E-state index in [9.17, 15) is 4.79 Å². The van der Waals surface area contributed by atoms with Gasteiger partial charge in [-0.25, -0.2) is 9.64 Å². The second kappa shape index (κ2) is 4.38. The van der Waals surface area contributed by atoms with E-state index < -0.39 is 5.97 Å². The lowest BCUT2D eigenvalue weighted by Gasteiger charge is -2.07. The molecule has 14 heavy (non-hydrogen) atoms. The number of pyridine rings is 1. The molecule has 0 aromatic carbocycles. The summed E-state index contributed by atoms with van der Waals surface area (Å²) in [5, 5.41) is 0. The van der Waals surface area contributed by atoms with Gasteiger partial charge in [0.15, 0.2) is 5.69 Å². The third-order valence-corrected chi connectivity index (χ3v) is 1.44. The summed E-state index contributed by atoms with van der Waals surface area (Å²) < 4.78 is 4.93. The van der Waals surface area contributed by atoms with E-state index in [1.165, 1.54) is 12.3 Å². The Bertz CT molecular complexity index is 380. The lowest BCUT2D eigenvalue weighted by Crippen LogP contribution is -2.12. The smallest absolute Gasteiger partial charge is 0.346 e. The number of hydrogen-bond donors (Lipinski definition) is 0. The summed E-state index contributed by atoms with van der Waals surface area (Å²) in [6.07, 6.45) is 1.26. The second-order valence-electron chi connectivity index (χ2n) is 2.94. The van der Waals surface area contributed by atoms with Crippen molar-refractivity contribution in [3.05, 3.63) is 35.4 Å². The molecule has 0 spiro atoms. The van der Waals surface area contributed by atoms with Crippen LogP contribution in [-0.4, -0.2) is 17.1 Å². The molecule has 1 aromatic rings. The molecule has 0 bridgehead atoms. The summed E-state index contributed by atoms with van der Waals surface area (Å²) in [7, 11) is 0. The number of aromatic nitrogens is 1. The average Bonchev–Trinajstić information content (AvgIpc) is 2.16. The Kier molecular flexibility index (Phi) is 3.19. The molecule has 0 aliphatic carbocycles. The van der Waals surface area contributed by atoms with Gasteiger partial charge in [-0.1, -0.05) is 12.1 Å². The molecule has 0 fully saturated rings. The van der Waals surface area contributed by atoms with Gasteiger partial charge in [-0.05, 0) is 13.8 Å². The summed E-state index contributed by atoms with van der Waals surface area (Å²) >= 11 is 0. The Hall–Kier alpha value is -1.89. The minimum absolute atomic E-state index is 0.0798. The second-order valence-corrected chi connectivity index (χ2v) is 2.94. The van der Waals surface area contributed by atoms with Crippen LogP contribution in [0.4, 0.5) is 5.69 Å². The molecular formula is C10H10N2O2. The molecule has 4 nitrogen and oxygen atoms in total. The monoisotopic (exact) mass is 190 g/mol. The van der Waals surface area contributed by atoms with Crippen molar-refractivity contribution in [1.29, 1.82) is 0 Å². The number of carbonyl (C=O) groups excluding carboxylic acids is 1. The SMILES string of the molecule is [C-]#[N+]c1cccnc1C(=O)OC(C)C. The van der Waals surface area contributed by atoms with Crippen molar-refractivity contribution < 1.29 is 9.53 Å². The number of nitrogens with zero attached hydrogens (tertiary/aromatic N) is 2. The minimum atomic E-state index is -0.549. The average molecular weight is 190 g/mol. The number of rotatable bonds is 2. The molecule has 0 N–H and O–H groups in total. The highest BCUT2D eigenvalue weighted by atomic mass is 16.5. The van der Waals surface area contributed by atoms with Crippen molar-refractivity contribution in [3.63, 3.8) is 0 Å². The van der Waals surface area contributed by atoms with Gasteiger partial charge in [0.25, 0.3) is 0 Å². The molecule has 1 heterocycles. The fourth-order valence-electron chi connectivity index (χ4n) is 0.914. The van der Waals surface area contributed by atoms with Gasteiger partial charge in [-0.3, -0.25) is 4.98 Å². The van der Waals surface area contributed by atoms with E-state index in [0.717, 1.165) is 0 Å². The first-order valence-electron chi connectivity index (χ1n) is 4.18. The highest BCUT2D eigenvalue weighted by Crippen LogP contribution is 2.17. The van der Waals surface area contributed by atoms with Gasteiger partial charge in [0.1, 0.15) is 0 Å². The van der Waals surface area contributed by atoms with Crippen LogP contribution in [0.15, 0.2) is 18.3 Å². The third-order valence-electron chi connectivity index (χ3n) is 1.44. The molecule has 0 atom stereocenters. The maximum absolute atomic E-state index is 11.4. The number of esters is 1. The topological polar surface area (TPSA) is 43.5 Å². The molecule has 72 valence electrons. The molecule has 0 saturated carbocycles. The van der Waals surface area contributed by atoms with E-state index in [1.807, 2.05) is 0 Å². The van der Waals surface area contributed by atoms with Gasteiger partial charge < -0.3 is 4.74 Å². The maximum atomic E-state index is 11.4. The highest BCUT2D eigenvalue weighted by Gasteiger charge is 2.14. The lowest BCUT2D eigenvalue weighted by molar-refractivity contribution is 0.0372. The summed E-state index contributed by atoms with van der Waals surface area (Å²) in [5.41, 5.74) is 0.300. The lowest BCUT2D eigenvalue weighted by atomic mass is 10.3. The van der Waals surface area contributed by atoms with Crippen molar-refractivity contribution in [2.75, 3.05) is 0 Å². The first-order chi connectivity index (χ1) is 6.65. The van der Waals surface area contributed by atoms with Crippen LogP contribution >= 0.6 is 0 Å². The van der Waals surface area contributed by atoms with Crippen LogP contribution in [0, 0.1) is 6.57 Å². The van der Waals surface area contributed by atoms with Gasteiger partial charge >= 0.3 is 5.97 Å². The fourth-order valence-corrected chi connectivity index (χ4v) is 0.914. The fraction of sp³-hybridized carbons (Fsp3) is 0.300. The van der Waals surface area contributed by atoms with Crippen molar-refractivity contribution in [2.24, 2.45) is 0 Å². The van der Waals surface area contributed by atoms with Gasteiger partial charge in [0, 0.05) is 6.20 Å². The predicted molar refractivity (Wildman–Crippen MR) is 51.1 cm³/mol. The minimum Gasteiger partial charge on any atom is -0.459 e. The van der Waals surface area contributed by atoms with E-state index in [0.29, 0.717) is 0 Å². The van der Waals surface area contributed by atoms with Crippen LogP contribution in [0.1, 0.15) is 24.3 Å². The zero-order valence-electron chi connectivity index (χ0n) is 8.02. The van der Waals surface area contributed by atoms with Crippen LogP contribution in [0.3, 0.4) is 0 Å². The van der Waals surface area contributed by atoms with E-state index in [4.69, 9.17) is 11.3 Å². The third kappa shape index (κ3) is 2.30. The maximum Gasteiger partial charge on any atom is 0.346 e. The molecule has 0 radical (unpaired) electrons. The first kappa shape index (κ1) is 10.2. The Morgan fingerprint density at radius 1 is 1.64 bits per heavy atom. The molecule has 0 amide bonds. The molecule has 1 rings (SSSR count). The molecule has 0 aliphatic rings. The van der Waals surface area contributed by atoms with Crippen LogP contribution < -0.4 is 0 Å². The van der Waals surface area contributed by atoms with E-state index in [2.05, 4.69) is 9.83 Å². The van der Waals surface area contributed by atoms with Crippen LogP contribution in [-0.2, 0) is 4.74 Å². The summed E-state index contributed by atoms with van der Waals surface area (Å²) in [4.78, 5) is 18.4. The van der Waals surface area contributed by atoms with Crippen LogP contribution in [0.25, 0.3) is 4.85 Å². The summed E-state index contributed by atoms with van der Waals surface area (Å²) in [6, 6.07) is 3.15. The molecule has 0 aliphatic heterocycles. The Balaban J connectivity index is 2.96. The Morgan fingerprint density at radius 2 is 2.36 bits per heavy atom. The van der Waals surface area contributed by atoms with E-state index >= 15 is 0 Å². The highest BCUT2D eigenvalue weighted by molar-refractivity contribution is 5.93. The first-order valence-corrected chi connectivity index (χ1v) is 4.18. The van der Waals surface area contributed by atoms with Gasteiger partial charge in [0.2, 0.25) is 5.69 Å². The Labute approximate surface area is 82.4 Å². The van der Waals surface area contributed by atoms with Gasteiger partial charge in [0.05, 0.1) is 12.7 Å². The van der Waals surface area contributed by atoms with Crippen LogP contribution in [0.2, 0.25) is 0 Å². The molecular weight excluding hydrogens is 180 g/mol.